The number of halogens is 2. The van der Waals surface area contributed by atoms with Crippen molar-refractivity contribution >= 4 is 17.6 Å². The molecule has 0 aliphatic carbocycles. The van der Waals surface area contributed by atoms with Crippen molar-refractivity contribution in [2.45, 2.75) is 6.92 Å². The van der Waals surface area contributed by atoms with E-state index in [-0.39, 0.29) is 5.02 Å². The Morgan fingerprint density at radius 3 is 2.83 bits per heavy atom. The summed E-state index contributed by atoms with van der Waals surface area (Å²) >= 11 is 5.71. The molecule has 5 heteroatoms. The lowest BCUT2D eigenvalue weighted by atomic mass is 10.1. The number of ether oxygens (including phenoxy) is 1. The van der Waals surface area contributed by atoms with Crippen LogP contribution in [0.1, 0.15) is 17.4 Å². The Morgan fingerprint density at radius 1 is 1.39 bits per heavy atom. The third-order valence-electron chi connectivity index (χ3n) is 2.43. The highest BCUT2D eigenvalue weighted by atomic mass is 35.5. The fourth-order valence-corrected chi connectivity index (χ4v) is 1.74. The lowest BCUT2D eigenvalue weighted by molar-refractivity contribution is 0.0520. The first kappa shape index (κ1) is 12.6. The first-order valence-corrected chi connectivity index (χ1v) is 5.80. The normalized spacial score (nSPS) is 10.4. The Bertz CT molecular complexity index is 580. The smallest absolute Gasteiger partial charge is 0.354 e. The number of aromatic nitrogens is 1. The second-order valence-corrected chi connectivity index (χ2v) is 4.06. The van der Waals surface area contributed by atoms with Gasteiger partial charge in [-0.25, -0.2) is 9.18 Å². The molecule has 1 aromatic heterocycles. The molecule has 2 aromatic rings. The van der Waals surface area contributed by atoms with Gasteiger partial charge in [-0.2, -0.15) is 0 Å². The van der Waals surface area contributed by atoms with Gasteiger partial charge in [0, 0.05) is 11.8 Å². The van der Waals surface area contributed by atoms with Crippen LogP contribution in [0.25, 0.3) is 11.1 Å². The van der Waals surface area contributed by atoms with Gasteiger partial charge in [0.05, 0.1) is 11.6 Å². The molecule has 0 bridgehead atoms. The summed E-state index contributed by atoms with van der Waals surface area (Å²) in [6.45, 7) is 2.05. The van der Waals surface area contributed by atoms with E-state index in [1.54, 1.807) is 25.3 Å². The van der Waals surface area contributed by atoms with Gasteiger partial charge < -0.3 is 9.72 Å². The summed E-state index contributed by atoms with van der Waals surface area (Å²) in [5, 5.41) is 0.0476. The largest absolute Gasteiger partial charge is 0.461 e. The van der Waals surface area contributed by atoms with Crippen LogP contribution < -0.4 is 0 Å². The van der Waals surface area contributed by atoms with Crippen LogP contribution in [0.2, 0.25) is 5.02 Å². The molecule has 0 atom stereocenters. The number of benzene rings is 1. The van der Waals surface area contributed by atoms with Crippen LogP contribution in [-0.2, 0) is 4.74 Å². The summed E-state index contributed by atoms with van der Waals surface area (Å²) in [4.78, 5) is 14.3. The lowest BCUT2D eigenvalue weighted by Gasteiger charge is -1.99. The monoisotopic (exact) mass is 267 g/mol. The molecule has 0 spiro atoms. The van der Waals surface area contributed by atoms with E-state index >= 15 is 0 Å². The van der Waals surface area contributed by atoms with Crippen molar-refractivity contribution in [3.8, 4) is 11.1 Å². The molecule has 3 nitrogen and oxygen atoms in total. The van der Waals surface area contributed by atoms with E-state index in [9.17, 15) is 9.18 Å². The Kier molecular flexibility index (Phi) is 3.67. The Labute approximate surface area is 109 Å². The van der Waals surface area contributed by atoms with Gasteiger partial charge in [0.15, 0.2) is 0 Å². The fourth-order valence-electron chi connectivity index (χ4n) is 1.56. The van der Waals surface area contributed by atoms with Crippen LogP contribution in [0.4, 0.5) is 4.39 Å². The molecular formula is C13H11ClFNO2. The molecule has 1 N–H and O–H groups in total. The van der Waals surface area contributed by atoms with Crippen molar-refractivity contribution in [3.05, 3.63) is 47.0 Å². The van der Waals surface area contributed by atoms with Crippen molar-refractivity contribution in [1.82, 2.24) is 4.98 Å². The van der Waals surface area contributed by atoms with Gasteiger partial charge >= 0.3 is 5.97 Å². The highest BCUT2D eigenvalue weighted by Crippen LogP contribution is 2.25. The predicted molar refractivity (Wildman–Crippen MR) is 67.2 cm³/mol. The molecule has 0 saturated heterocycles. The van der Waals surface area contributed by atoms with Crippen molar-refractivity contribution in [3.63, 3.8) is 0 Å². The van der Waals surface area contributed by atoms with E-state index in [1.165, 1.54) is 12.1 Å². The Morgan fingerprint density at radius 2 is 2.17 bits per heavy atom. The van der Waals surface area contributed by atoms with Gasteiger partial charge in [-0.1, -0.05) is 17.7 Å². The molecule has 94 valence electrons. The van der Waals surface area contributed by atoms with E-state index in [2.05, 4.69) is 4.98 Å². The van der Waals surface area contributed by atoms with Crippen LogP contribution in [0.3, 0.4) is 0 Å². The number of hydrogen-bond donors (Lipinski definition) is 1. The average molecular weight is 268 g/mol. The summed E-state index contributed by atoms with van der Waals surface area (Å²) in [6, 6.07) is 6.03. The van der Waals surface area contributed by atoms with Gasteiger partial charge in [0.2, 0.25) is 0 Å². The molecule has 0 fully saturated rings. The molecule has 1 heterocycles. The van der Waals surface area contributed by atoms with Crippen LogP contribution in [0.5, 0.6) is 0 Å². The first-order valence-electron chi connectivity index (χ1n) is 5.42. The molecule has 0 aliphatic heterocycles. The highest BCUT2D eigenvalue weighted by Gasteiger charge is 2.11. The lowest BCUT2D eigenvalue weighted by Crippen LogP contribution is -2.04. The third-order valence-corrected chi connectivity index (χ3v) is 2.72. The Hall–Kier alpha value is -1.81. The Balaban J connectivity index is 2.29. The third kappa shape index (κ3) is 2.54. The molecule has 2 rings (SSSR count). The standard InChI is InChI=1S/C13H11ClFNO2/c1-2-18-13(17)12-6-9(7-16-12)8-3-4-11(15)10(14)5-8/h3-7,16H,2H2,1H3. The van der Waals surface area contributed by atoms with Gasteiger partial charge in [0.25, 0.3) is 0 Å². The average Bonchev–Trinajstić information content (AvgIpc) is 2.82. The number of hydrogen-bond acceptors (Lipinski definition) is 2. The van der Waals surface area contributed by atoms with Crippen molar-refractivity contribution < 1.29 is 13.9 Å². The first-order chi connectivity index (χ1) is 8.61. The second kappa shape index (κ2) is 5.23. The number of aromatic amines is 1. The topological polar surface area (TPSA) is 42.1 Å². The van der Waals surface area contributed by atoms with Crippen LogP contribution in [0.15, 0.2) is 30.5 Å². The number of nitrogens with one attached hydrogen (secondary N) is 1. The molecule has 0 amide bonds. The van der Waals surface area contributed by atoms with Crippen LogP contribution in [-0.4, -0.2) is 17.6 Å². The van der Waals surface area contributed by atoms with Crippen LogP contribution >= 0.6 is 11.6 Å². The van der Waals surface area contributed by atoms with Crippen molar-refractivity contribution in [2.24, 2.45) is 0 Å². The zero-order valence-corrected chi connectivity index (χ0v) is 10.4. The van der Waals surface area contributed by atoms with Gasteiger partial charge in [-0.15, -0.1) is 0 Å². The van der Waals surface area contributed by atoms with E-state index in [0.717, 1.165) is 11.1 Å². The van der Waals surface area contributed by atoms with E-state index in [4.69, 9.17) is 16.3 Å². The van der Waals surface area contributed by atoms with Gasteiger partial charge in [0.1, 0.15) is 11.5 Å². The van der Waals surface area contributed by atoms with Gasteiger partial charge in [-0.3, -0.25) is 0 Å². The van der Waals surface area contributed by atoms with Crippen molar-refractivity contribution in [1.29, 1.82) is 0 Å². The zero-order valence-electron chi connectivity index (χ0n) is 9.67. The molecular weight excluding hydrogens is 257 g/mol. The van der Waals surface area contributed by atoms with E-state index in [1.807, 2.05) is 0 Å². The quantitative estimate of drug-likeness (QED) is 0.863. The molecule has 0 saturated carbocycles. The summed E-state index contributed by atoms with van der Waals surface area (Å²) in [5.74, 6) is -0.890. The van der Waals surface area contributed by atoms with Crippen LogP contribution in [0, 0.1) is 5.82 Å². The molecule has 0 unspecified atom stereocenters. The maximum atomic E-state index is 13.0. The maximum Gasteiger partial charge on any atom is 0.354 e. The van der Waals surface area contributed by atoms with E-state index in [0.29, 0.717) is 12.3 Å². The zero-order chi connectivity index (χ0) is 13.1. The number of rotatable bonds is 3. The predicted octanol–water partition coefficient (Wildman–Crippen LogP) is 3.65. The minimum Gasteiger partial charge on any atom is -0.461 e. The van der Waals surface area contributed by atoms with E-state index < -0.39 is 11.8 Å². The summed E-state index contributed by atoms with van der Waals surface area (Å²) in [5.41, 5.74) is 1.83. The highest BCUT2D eigenvalue weighted by molar-refractivity contribution is 6.31. The fraction of sp³-hybridized carbons (Fsp3) is 0.154. The number of H-pyrrole nitrogens is 1. The van der Waals surface area contributed by atoms with Gasteiger partial charge in [-0.05, 0) is 30.7 Å². The maximum absolute atomic E-state index is 13.0. The number of carbonyl (C=O) groups excluding carboxylic acids is 1. The minimum absolute atomic E-state index is 0.0476. The SMILES string of the molecule is CCOC(=O)c1cc(-c2ccc(F)c(Cl)c2)c[nH]1. The second-order valence-electron chi connectivity index (χ2n) is 3.65. The molecule has 1 aromatic carbocycles. The van der Waals surface area contributed by atoms with Crippen molar-refractivity contribution in [2.75, 3.05) is 6.61 Å². The number of carbonyl (C=O) groups is 1. The molecule has 0 aliphatic rings. The minimum atomic E-state index is -0.471. The summed E-state index contributed by atoms with van der Waals surface area (Å²) < 4.78 is 17.9. The summed E-state index contributed by atoms with van der Waals surface area (Å²) in [6.07, 6.45) is 1.65. The summed E-state index contributed by atoms with van der Waals surface area (Å²) in [7, 11) is 0. The number of esters is 1. The molecule has 0 radical (unpaired) electrons. The molecule has 18 heavy (non-hydrogen) atoms.